The molecule has 0 unspecified atom stereocenters. The predicted octanol–water partition coefficient (Wildman–Crippen LogP) is 3.43. The van der Waals surface area contributed by atoms with Gasteiger partial charge in [0.15, 0.2) is 0 Å². The van der Waals surface area contributed by atoms with Gasteiger partial charge in [-0.3, -0.25) is 4.98 Å². The first-order chi connectivity index (χ1) is 9.89. The van der Waals surface area contributed by atoms with Gasteiger partial charge in [0, 0.05) is 6.20 Å². The van der Waals surface area contributed by atoms with E-state index < -0.39 is 0 Å². The molecule has 2 aliphatic rings. The zero-order chi connectivity index (χ0) is 15.1. The van der Waals surface area contributed by atoms with Gasteiger partial charge in [-0.15, -0.1) is 0 Å². The van der Waals surface area contributed by atoms with E-state index in [2.05, 4.69) is 44.8 Å². The molecule has 3 rings (SSSR count). The summed E-state index contributed by atoms with van der Waals surface area (Å²) in [5.74, 6) is 0.693. The highest BCUT2D eigenvalue weighted by molar-refractivity contribution is 6.61. The fourth-order valence-electron chi connectivity index (χ4n) is 3.20. The molecule has 2 heterocycles. The molecule has 0 amide bonds. The number of hydrogen-bond donors (Lipinski definition) is 0. The summed E-state index contributed by atoms with van der Waals surface area (Å²) in [6.45, 7) is 8.29. The molecule has 114 valence electrons. The molecule has 0 spiro atoms. The Morgan fingerprint density at radius 3 is 2.14 bits per heavy atom. The molecule has 1 aromatic rings. The Bertz CT molecular complexity index is 476. The molecule has 3 nitrogen and oxygen atoms in total. The third-order valence-corrected chi connectivity index (χ3v) is 5.38. The lowest BCUT2D eigenvalue weighted by Crippen LogP contribution is -2.41. The summed E-state index contributed by atoms with van der Waals surface area (Å²) in [7, 11) is -0.351. The van der Waals surface area contributed by atoms with Gasteiger partial charge in [-0.05, 0) is 58.1 Å². The van der Waals surface area contributed by atoms with E-state index in [-0.39, 0.29) is 18.3 Å². The highest BCUT2D eigenvalue weighted by atomic mass is 16.7. The fraction of sp³-hybridized carbons (Fsp3) is 0.706. The van der Waals surface area contributed by atoms with Gasteiger partial charge >= 0.3 is 7.12 Å². The highest BCUT2D eigenvalue weighted by Crippen LogP contribution is 2.36. The van der Waals surface area contributed by atoms with Crippen LogP contribution in [0.15, 0.2) is 18.3 Å². The van der Waals surface area contributed by atoms with Gasteiger partial charge in [-0.1, -0.05) is 25.3 Å². The van der Waals surface area contributed by atoms with Gasteiger partial charge < -0.3 is 9.31 Å². The van der Waals surface area contributed by atoms with E-state index in [0.717, 1.165) is 5.59 Å². The normalized spacial score (nSPS) is 25.2. The van der Waals surface area contributed by atoms with Crippen molar-refractivity contribution in [3.63, 3.8) is 0 Å². The lowest BCUT2D eigenvalue weighted by molar-refractivity contribution is 0.00578. The summed E-state index contributed by atoms with van der Waals surface area (Å²) >= 11 is 0. The van der Waals surface area contributed by atoms with Gasteiger partial charge in [0.2, 0.25) is 0 Å². The SMILES string of the molecule is CC1(C)OB(c2ccc(C3CCCCC3)cn2)OC1(C)C. The van der Waals surface area contributed by atoms with Crippen LogP contribution in [0.5, 0.6) is 0 Å². The molecule has 2 fully saturated rings. The van der Waals surface area contributed by atoms with Crippen LogP contribution in [-0.2, 0) is 9.31 Å². The third kappa shape index (κ3) is 2.88. The molecule has 1 aliphatic carbocycles. The first-order valence-electron chi connectivity index (χ1n) is 8.20. The smallest absolute Gasteiger partial charge is 0.398 e. The number of nitrogens with zero attached hydrogens (tertiary/aromatic N) is 1. The van der Waals surface area contributed by atoms with Crippen LogP contribution in [0.2, 0.25) is 0 Å². The molecule has 1 aliphatic heterocycles. The van der Waals surface area contributed by atoms with E-state index in [1.807, 2.05) is 6.20 Å². The molecule has 0 bridgehead atoms. The molecule has 1 saturated carbocycles. The minimum atomic E-state index is -0.351. The second-order valence-corrected chi connectivity index (χ2v) is 7.44. The zero-order valence-electron chi connectivity index (χ0n) is 13.7. The standard InChI is InChI=1S/C17H26BNO2/c1-16(2)17(3,4)21-18(20-16)15-11-10-14(12-19-15)13-8-6-5-7-9-13/h10-13H,5-9H2,1-4H3. The van der Waals surface area contributed by atoms with Crippen molar-refractivity contribution in [1.82, 2.24) is 4.98 Å². The Labute approximate surface area is 128 Å². The minimum absolute atomic E-state index is 0.304. The number of rotatable bonds is 2. The highest BCUT2D eigenvalue weighted by Gasteiger charge is 2.52. The quantitative estimate of drug-likeness (QED) is 0.781. The van der Waals surface area contributed by atoms with Crippen molar-refractivity contribution < 1.29 is 9.31 Å². The van der Waals surface area contributed by atoms with Gasteiger partial charge in [0.25, 0.3) is 0 Å². The Kier molecular flexibility index (Phi) is 3.87. The molecule has 0 N–H and O–H groups in total. The molecule has 1 aromatic heterocycles. The first-order valence-corrected chi connectivity index (χ1v) is 8.20. The average Bonchev–Trinajstić information content (AvgIpc) is 2.69. The Balaban J connectivity index is 1.73. The van der Waals surface area contributed by atoms with Gasteiger partial charge in [0.1, 0.15) is 0 Å². The first kappa shape index (κ1) is 15.0. The molecular formula is C17H26BNO2. The van der Waals surface area contributed by atoms with Crippen LogP contribution in [0.25, 0.3) is 0 Å². The van der Waals surface area contributed by atoms with Crippen molar-refractivity contribution in [2.75, 3.05) is 0 Å². The van der Waals surface area contributed by atoms with Crippen LogP contribution >= 0.6 is 0 Å². The van der Waals surface area contributed by atoms with Crippen LogP contribution < -0.4 is 5.59 Å². The third-order valence-electron chi connectivity index (χ3n) is 5.38. The van der Waals surface area contributed by atoms with Crippen LogP contribution in [-0.4, -0.2) is 23.3 Å². The lowest BCUT2D eigenvalue weighted by atomic mass is 9.81. The molecule has 0 aromatic carbocycles. The molecule has 21 heavy (non-hydrogen) atoms. The molecule has 0 radical (unpaired) electrons. The van der Waals surface area contributed by atoms with Crippen molar-refractivity contribution >= 4 is 12.7 Å². The molecular weight excluding hydrogens is 261 g/mol. The second-order valence-electron chi connectivity index (χ2n) is 7.44. The summed E-state index contributed by atoms with van der Waals surface area (Å²) < 4.78 is 12.1. The van der Waals surface area contributed by atoms with E-state index >= 15 is 0 Å². The van der Waals surface area contributed by atoms with Crippen LogP contribution in [0.1, 0.15) is 71.3 Å². The van der Waals surface area contributed by atoms with Crippen LogP contribution in [0, 0.1) is 0 Å². The molecule has 4 heteroatoms. The summed E-state index contributed by atoms with van der Waals surface area (Å²) in [6.07, 6.45) is 8.72. The summed E-state index contributed by atoms with van der Waals surface area (Å²) in [5.41, 5.74) is 1.64. The second kappa shape index (κ2) is 5.40. The molecule has 1 saturated heterocycles. The Morgan fingerprint density at radius 1 is 1.00 bits per heavy atom. The maximum atomic E-state index is 6.05. The fourth-order valence-corrected chi connectivity index (χ4v) is 3.20. The van der Waals surface area contributed by atoms with Crippen molar-refractivity contribution in [3.05, 3.63) is 23.9 Å². The average molecular weight is 287 g/mol. The maximum absolute atomic E-state index is 6.05. The van der Waals surface area contributed by atoms with E-state index in [4.69, 9.17) is 9.31 Å². The number of aromatic nitrogens is 1. The minimum Gasteiger partial charge on any atom is -0.398 e. The van der Waals surface area contributed by atoms with Crippen molar-refractivity contribution in [3.8, 4) is 0 Å². The lowest BCUT2D eigenvalue weighted by Gasteiger charge is -2.32. The van der Waals surface area contributed by atoms with E-state index in [1.165, 1.54) is 37.7 Å². The monoisotopic (exact) mass is 287 g/mol. The van der Waals surface area contributed by atoms with E-state index in [0.29, 0.717) is 5.92 Å². The van der Waals surface area contributed by atoms with Crippen molar-refractivity contribution in [1.29, 1.82) is 0 Å². The Hall–Kier alpha value is -0.865. The van der Waals surface area contributed by atoms with Crippen molar-refractivity contribution in [2.24, 2.45) is 0 Å². The molecule has 0 atom stereocenters. The number of hydrogen-bond acceptors (Lipinski definition) is 3. The summed E-state index contributed by atoms with van der Waals surface area (Å²) in [5, 5.41) is 0. The van der Waals surface area contributed by atoms with Crippen LogP contribution in [0.4, 0.5) is 0 Å². The Morgan fingerprint density at radius 2 is 1.62 bits per heavy atom. The van der Waals surface area contributed by atoms with E-state index in [9.17, 15) is 0 Å². The topological polar surface area (TPSA) is 31.4 Å². The summed E-state index contributed by atoms with van der Waals surface area (Å²) in [6, 6.07) is 4.29. The van der Waals surface area contributed by atoms with Crippen molar-refractivity contribution in [2.45, 2.75) is 76.9 Å². The summed E-state index contributed by atoms with van der Waals surface area (Å²) in [4.78, 5) is 4.62. The largest absolute Gasteiger partial charge is 0.514 e. The zero-order valence-corrected chi connectivity index (χ0v) is 13.7. The predicted molar refractivity (Wildman–Crippen MR) is 85.8 cm³/mol. The maximum Gasteiger partial charge on any atom is 0.514 e. The van der Waals surface area contributed by atoms with E-state index in [1.54, 1.807) is 0 Å². The van der Waals surface area contributed by atoms with Gasteiger partial charge in [0.05, 0.1) is 16.8 Å². The van der Waals surface area contributed by atoms with Crippen LogP contribution in [0.3, 0.4) is 0 Å². The van der Waals surface area contributed by atoms with Gasteiger partial charge in [-0.2, -0.15) is 0 Å². The number of pyridine rings is 1. The van der Waals surface area contributed by atoms with Gasteiger partial charge in [-0.25, -0.2) is 0 Å².